The van der Waals surface area contributed by atoms with E-state index in [0.717, 1.165) is 11.3 Å². The molecule has 140 valence electrons. The van der Waals surface area contributed by atoms with Crippen LogP contribution in [0.25, 0.3) is 6.08 Å². The minimum atomic E-state index is -0.805. The van der Waals surface area contributed by atoms with Gasteiger partial charge < -0.3 is 24.4 Å². The Kier molecular flexibility index (Phi) is 7.51. The van der Waals surface area contributed by atoms with Gasteiger partial charge in [0.25, 0.3) is 0 Å². The third-order valence-corrected chi connectivity index (χ3v) is 4.30. The topological polar surface area (TPSA) is 68.2 Å². The molecule has 5 heteroatoms. The summed E-state index contributed by atoms with van der Waals surface area (Å²) in [6.07, 6.45) is 3.65. The van der Waals surface area contributed by atoms with E-state index in [-0.39, 0.29) is 12.5 Å². The summed E-state index contributed by atoms with van der Waals surface area (Å²) in [5.41, 5.74) is 1.71. The molecule has 5 nitrogen and oxygen atoms in total. The van der Waals surface area contributed by atoms with Crippen LogP contribution < -0.4 is 14.2 Å². The van der Waals surface area contributed by atoms with Gasteiger partial charge in [-0.15, -0.1) is 0 Å². The van der Waals surface area contributed by atoms with Crippen LogP contribution in [0.15, 0.2) is 48.5 Å². The lowest BCUT2D eigenvalue weighted by atomic mass is 9.93. The number of hydrogen-bond donors (Lipinski definition) is 2. The Bertz CT molecular complexity index is 709. The van der Waals surface area contributed by atoms with Crippen LogP contribution in [-0.2, 0) is 0 Å². The van der Waals surface area contributed by atoms with Crippen LogP contribution in [-0.4, -0.2) is 38.1 Å². The van der Waals surface area contributed by atoms with Gasteiger partial charge in [0, 0.05) is 12.5 Å². The van der Waals surface area contributed by atoms with E-state index in [1.54, 1.807) is 39.5 Å². The molecule has 0 aliphatic rings. The van der Waals surface area contributed by atoms with E-state index in [0.29, 0.717) is 23.5 Å². The van der Waals surface area contributed by atoms with E-state index in [9.17, 15) is 10.2 Å². The van der Waals surface area contributed by atoms with E-state index in [2.05, 4.69) is 0 Å². The van der Waals surface area contributed by atoms with Crippen LogP contribution in [0.1, 0.15) is 23.7 Å². The lowest BCUT2D eigenvalue weighted by Gasteiger charge is -2.21. The van der Waals surface area contributed by atoms with Crippen molar-refractivity contribution in [3.05, 3.63) is 59.7 Å². The van der Waals surface area contributed by atoms with Crippen LogP contribution in [0.5, 0.6) is 17.2 Å². The molecule has 0 fully saturated rings. The van der Waals surface area contributed by atoms with Gasteiger partial charge in [0.1, 0.15) is 5.75 Å². The van der Waals surface area contributed by atoms with E-state index >= 15 is 0 Å². The third kappa shape index (κ3) is 5.00. The van der Waals surface area contributed by atoms with Crippen molar-refractivity contribution in [2.75, 3.05) is 27.9 Å². The number of aliphatic hydroxyl groups is 2. The number of allylic oxidation sites excluding steroid dienone is 1. The van der Waals surface area contributed by atoms with Gasteiger partial charge in [-0.05, 0) is 41.8 Å². The van der Waals surface area contributed by atoms with Crippen LogP contribution in [0.3, 0.4) is 0 Å². The second-order valence-electron chi connectivity index (χ2n) is 5.91. The highest BCUT2D eigenvalue weighted by atomic mass is 16.5. The summed E-state index contributed by atoms with van der Waals surface area (Å²) in [6, 6.07) is 13.0. The fourth-order valence-corrected chi connectivity index (χ4v) is 2.71. The van der Waals surface area contributed by atoms with E-state index in [1.807, 2.05) is 36.4 Å². The first-order valence-electron chi connectivity index (χ1n) is 8.44. The normalized spacial score (nSPS) is 13.4. The maximum atomic E-state index is 10.6. The SMILES string of the molecule is COc1ccc(/C=C/C[C@@H](CO)[C@@H](O)c2ccc(OC)c(OC)c2)cc1. The smallest absolute Gasteiger partial charge is 0.161 e. The standard InChI is InChI=1S/C21H26O5/c1-24-18-10-7-15(8-11-18)5-4-6-17(14-22)21(23)16-9-12-19(25-2)20(13-16)26-3/h4-5,7-13,17,21-23H,6,14H2,1-3H3/b5-4+/t17-,21-/m0/s1. The molecule has 0 aliphatic heterocycles. The first-order chi connectivity index (χ1) is 12.6. The van der Waals surface area contributed by atoms with Gasteiger partial charge in [0.05, 0.1) is 27.4 Å². The molecule has 0 heterocycles. The Morgan fingerprint density at radius 1 is 0.923 bits per heavy atom. The predicted molar refractivity (Wildman–Crippen MR) is 102 cm³/mol. The first-order valence-corrected chi connectivity index (χ1v) is 8.44. The number of methoxy groups -OCH3 is 3. The Balaban J connectivity index is 2.05. The molecule has 2 atom stereocenters. The average Bonchev–Trinajstić information content (AvgIpc) is 2.70. The number of rotatable bonds is 9. The molecule has 2 aromatic carbocycles. The molecule has 0 unspecified atom stereocenters. The molecular weight excluding hydrogens is 332 g/mol. The zero-order valence-electron chi connectivity index (χ0n) is 15.4. The van der Waals surface area contributed by atoms with Crippen LogP contribution in [0, 0.1) is 5.92 Å². The molecule has 0 saturated carbocycles. The Labute approximate surface area is 154 Å². The van der Waals surface area contributed by atoms with Gasteiger partial charge in [-0.1, -0.05) is 30.4 Å². The Morgan fingerprint density at radius 3 is 2.19 bits per heavy atom. The minimum absolute atomic E-state index is 0.123. The molecule has 2 rings (SSSR count). The average molecular weight is 358 g/mol. The van der Waals surface area contributed by atoms with Crippen molar-refractivity contribution in [2.45, 2.75) is 12.5 Å². The summed E-state index contributed by atoms with van der Waals surface area (Å²) in [5, 5.41) is 20.3. The molecule has 26 heavy (non-hydrogen) atoms. The lowest BCUT2D eigenvalue weighted by molar-refractivity contribution is 0.0682. The number of ether oxygens (including phenoxy) is 3. The lowest BCUT2D eigenvalue weighted by Crippen LogP contribution is -2.16. The molecule has 0 aliphatic carbocycles. The summed E-state index contributed by atoms with van der Waals surface area (Å²) >= 11 is 0. The van der Waals surface area contributed by atoms with Gasteiger partial charge in [0.2, 0.25) is 0 Å². The highest BCUT2D eigenvalue weighted by Gasteiger charge is 2.20. The monoisotopic (exact) mass is 358 g/mol. The Hall–Kier alpha value is -2.50. The number of benzene rings is 2. The molecule has 2 N–H and O–H groups in total. The van der Waals surface area contributed by atoms with Crippen molar-refractivity contribution in [3.8, 4) is 17.2 Å². The van der Waals surface area contributed by atoms with E-state index in [1.165, 1.54) is 0 Å². The molecule has 0 spiro atoms. The van der Waals surface area contributed by atoms with Crippen LogP contribution in [0.4, 0.5) is 0 Å². The van der Waals surface area contributed by atoms with Gasteiger partial charge >= 0.3 is 0 Å². The zero-order valence-corrected chi connectivity index (χ0v) is 15.4. The van der Waals surface area contributed by atoms with Crippen molar-refractivity contribution in [2.24, 2.45) is 5.92 Å². The maximum absolute atomic E-state index is 10.6. The molecular formula is C21H26O5. The second-order valence-corrected chi connectivity index (χ2v) is 5.91. The van der Waals surface area contributed by atoms with E-state index < -0.39 is 6.10 Å². The fraction of sp³-hybridized carbons (Fsp3) is 0.333. The van der Waals surface area contributed by atoms with Crippen molar-refractivity contribution in [3.63, 3.8) is 0 Å². The number of aliphatic hydroxyl groups excluding tert-OH is 2. The van der Waals surface area contributed by atoms with E-state index in [4.69, 9.17) is 14.2 Å². The molecule has 0 amide bonds. The molecule has 0 saturated heterocycles. The van der Waals surface area contributed by atoms with Crippen LogP contribution in [0.2, 0.25) is 0 Å². The second kappa shape index (κ2) is 9.85. The summed E-state index contributed by atoms with van der Waals surface area (Å²) in [7, 11) is 4.75. The summed E-state index contributed by atoms with van der Waals surface area (Å²) < 4.78 is 15.6. The van der Waals surface area contributed by atoms with Crippen LogP contribution >= 0.6 is 0 Å². The largest absolute Gasteiger partial charge is 0.497 e. The summed E-state index contributed by atoms with van der Waals surface area (Å²) in [6.45, 7) is -0.123. The first kappa shape index (κ1) is 19.8. The molecule has 2 aromatic rings. The van der Waals surface area contributed by atoms with Crippen molar-refractivity contribution in [1.82, 2.24) is 0 Å². The van der Waals surface area contributed by atoms with Gasteiger partial charge in [-0.25, -0.2) is 0 Å². The fourth-order valence-electron chi connectivity index (χ4n) is 2.71. The number of hydrogen-bond acceptors (Lipinski definition) is 5. The van der Waals surface area contributed by atoms with Crippen molar-refractivity contribution >= 4 is 6.08 Å². The molecule has 0 bridgehead atoms. The van der Waals surface area contributed by atoms with Gasteiger partial charge in [-0.2, -0.15) is 0 Å². The molecule has 0 aromatic heterocycles. The zero-order chi connectivity index (χ0) is 18.9. The quantitative estimate of drug-likeness (QED) is 0.718. The summed E-state index contributed by atoms with van der Waals surface area (Å²) in [4.78, 5) is 0. The van der Waals surface area contributed by atoms with Gasteiger partial charge in [0.15, 0.2) is 11.5 Å². The highest BCUT2D eigenvalue weighted by Crippen LogP contribution is 2.33. The van der Waals surface area contributed by atoms with Crippen molar-refractivity contribution < 1.29 is 24.4 Å². The highest BCUT2D eigenvalue weighted by molar-refractivity contribution is 5.50. The maximum Gasteiger partial charge on any atom is 0.161 e. The Morgan fingerprint density at radius 2 is 1.62 bits per heavy atom. The summed E-state index contributed by atoms with van der Waals surface area (Å²) in [5.74, 6) is 1.64. The minimum Gasteiger partial charge on any atom is -0.497 e. The van der Waals surface area contributed by atoms with Crippen molar-refractivity contribution in [1.29, 1.82) is 0 Å². The predicted octanol–water partition coefficient (Wildman–Crippen LogP) is 3.46. The molecule has 0 radical (unpaired) electrons. The third-order valence-electron chi connectivity index (χ3n) is 4.30. The van der Waals surface area contributed by atoms with Gasteiger partial charge in [-0.3, -0.25) is 0 Å².